The summed E-state index contributed by atoms with van der Waals surface area (Å²) in [5.41, 5.74) is 0.0826. The predicted molar refractivity (Wildman–Crippen MR) is 205 cm³/mol. The molecule has 0 bridgehead atoms. The number of hydrogen-bond acceptors (Lipinski definition) is 8. The zero-order chi connectivity index (χ0) is 39.2. The number of alkyl carbamates (subject to hydrolysis) is 1. The predicted octanol–water partition coefficient (Wildman–Crippen LogP) is 6.03. The number of carbonyl (C=O) groups excluding carboxylic acids is 4. The Morgan fingerprint density at radius 3 is 2.13 bits per heavy atom. The van der Waals surface area contributed by atoms with Crippen LogP contribution in [0.1, 0.15) is 118 Å². The summed E-state index contributed by atoms with van der Waals surface area (Å²) in [5, 5.41) is 20.6. The molecule has 296 valence electrons. The first-order valence-corrected chi connectivity index (χ1v) is 19.4. The normalized spacial score (nSPS) is 16.9. The lowest BCUT2D eigenvalue weighted by Crippen LogP contribution is -2.57. The molecule has 0 radical (unpaired) electrons. The lowest BCUT2D eigenvalue weighted by Gasteiger charge is -2.34. The van der Waals surface area contributed by atoms with Gasteiger partial charge < -0.3 is 35.5 Å². The molecule has 3 amide bonds. The van der Waals surface area contributed by atoms with Crippen molar-refractivity contribution in [3.8, 4) is 0 Å². The molecule has 5 N–H and O–H groups in total. The van der Waals surface area contributed by atoms with Gasteiger partial charge in [0.1, 0.15) is 17.7 Å². The van der Waals surface area contributed by atoms with E-state index in [1.807, 2.05) is 51.1 Å². The van der Waals surface area contributed by atoms with Crippen LogP contribution in [0, 0.1) is 23.2 Å². The molecule has 1 aliphatic rings. The zero-order valence-electron chi connectivity index (χ0n) is 33.2. The van der Waals surface area contributed by atoms with Gasteiger partial charge in [0.15, 0.2) is 0 Å². The summed E-state index contributed by atoms with van der Waals surface area (Å²) in [6.07, 6.45) is 8.86. The standard InChI is InChI=1S/C41H65N5O7/c1-27(2)30(19-20-52-38(50)40(3,4)5)23-35(47)32(21-28-15-11-9-12-16-28)44-37(49)34(24-31-25-42-26-43-31)45-36(48)33(22-29-17-13-10-14-18-29)46-39(51)53-41(6,7)8/h10,13-14,17-18,25-28,30,32-35,47H,9,11-12,15-16,19-24H2,1-8H3,(H,42,43)(H,44,49)(H,45,48)(H,46,51)/t30-,32-,33-,34?,35-/m0/s1. The van der Waals surface area contributed by atoms with Gasteiger partial charge in [-0.15, -0.1) is 0 Å². The highest BCUT2D eigenvalue weighted by molar-refractivity contribution is 5.91. The number of H-pyrrole nitrogens is 1. The minimum atomic E-state index is -1.04. The Labute approximate surface area is 316 Å². The second kappa shape index (κ2) is 20.5. The molecular weight excluding hydrogens is 674 g/mol. The van der Waals surface area contributed by atoms with Crippen LogP contribution < -0.4 is 16.0 Å². The van der Waals surface area contributed by atoms with E-state index in [2.05, 4.69) is 39.8 Å². The number of hydrogen-bond donors (Lipinski definition) is 5. The number of aliphatic hydroxyl groups is 1. The lowest BCUT2D eigenvalue weighted by atomic mass is 9.80. The van der Waals surface area contributed by atoms with Gasteiger partial charge in [0.2, 0.25) is 11.8 Å². The monoisotopic (exact) mass is 739 g/mol. The van der Waals surface area contributed by atoms with Gasteiger partial charge in [0.05, 0.1) is 30.5 Å². The van der Waals surface area contributed by atoms with Crippen molar-refractivity contribution in [1.82, 2.24) is 25.9 Å². The fourth-order valence-corrected chi connectivity index (χ4v) is 6.70. The van der Waals surface area contributed by atoms with Crippen LogP contribution in [-0.2, 0) is 36.7 Å². The van der Waals surface area contributed by atoms with Crippen LogP contribution in [0.25, 0.3) is 0 Å². The highest BCUT2D eigenvalue weighted by atomic mass is 16.6. The minimum absolute atomic E-state index is 0.0432. The van der Waals surface area contributed by atoms with Crippen molar-refractivity contribution in [2.24, 2.45) is 23.2 Å². The Bertz CT molecular complexity index is 1410. The van der Waals surface area contributed by atoms with Crippen molar-refractivity contribution in [2.75, 3.05) is 6.61 Å². The van der Waals surface area contributed by atoms with E-state index in [1.54, 1.807) is 27.0 Å². The fourth-order valence-electron chi connectivity index (χ4n) is 6.70. The first kappa shape index (κ1) is 43.5. The summed E-state index contributed by atoms with van der Waals surface area (Å²) < 4.78 is 11.0. The summed E-state index contributed by atoms with van der Waals surface area (Å²) in [5.74, 6) is -0.655. The molecule has 1 fully saturated rings. The van der Waals surface area contributed by atoms with Crippen LogP contribution in [0.3, 0.4) is 0 Å². The molecule has 5 atom stereocenters. The van der Waals surface area contributed by atoms with Crippen molar-refractivity contribution in [3.63, 3.8) is 0 Å². The van der Waals surface area contributed by atoms with Gasteiger partial charge >= 0.3 is 12.1 Å². The maximum Gasteiger partial charge on any atom is 0.408 e. The third kappa shape index (κ3) is 15.9. The molecule has 53 heavy (non-hydrogen) atoms. The van der Waals surface area contributed by atoms with E-state index in [0.29, 0.717) is 30.9 Å². The van der Waals surface area contributed by atoms with E-state index in [4.69, 9.17) is 9.47 Å². The topological polar surface area (TPSA) is 172 Å². The number of aromatic nitrogens is 2. The van der Waals surface area contributed by atoms with Gasteiger partial charge in [-0.3, -0.25) is 14.4 Å². The zero-order valence-corrected chi connectivity index (χ0v) is 33.2. The number of aliphatic hydroxyl groups excluding tert-OH is 1. The molecule has 0 aliphatic heterocycles. The van der Waals surface area contributed by atoms with E-state index in [9.17, 15) is 24.3 Å². The third-order valence-corrected chi connectivity index (χ3v) is 9.83. The Morgan fingerprint density at radius 1 is 0.906 bits per heavy atom. The number of imidazole rings is 1. The van der Waals surface area contributed by atoms with Crippen LogP contribution in [0.4, 0.5) is 4.79 Å². The average molecular weight is 740 g/mol. The van der Waals surface area contributed by atoms with Crippen LogP contribution in [0.15, 0.2) is 42.9 Å². The van der Waals surface area contributed by atoms with Crippen molar-refractivity contribution in [3.05, 3.63) is 54.1 Å². The Hall–Kier alpha value is -3.93. The third-order valence-electron chi connectivity index (χ3n) is 9.83. The molecule has 12 heteroatoms. The van der Waals surface area contributed by atoms with Gasteiger partial charge in [0, 0.05) is 24.7 Å². The maximum atomic E-state index is 14.3. The summed E-state index contributed by atoms with van der Waals surface area (Å²) >= 11 is 0. The summed E-state index contributed by atoms with van der Waals surface area (Å²) in [6, 6.07) is 6.66. The van der Waals surface area contributed by atoms with Gasteiger partial charge in [-0.05, 0) is 84.1 Å². The first-order chi connectivity index (χ1) is 24.9. The molecular formula is C41H65N5O7. The van der Waals surface area contributed by atoms with E-state index in [0.717, 1.165) is 31.2 Å². The number of nitrogens with zero attached hydrogens (tertiary/aromatic N) is 1. The number of rotatable bonds is 18. The van der Waals surface area contributed by atoms with Gasteiger partial charge in [-0.2, -0.15) is 0 Å². The SMILES string of the molecule is CC(C)[C@@H](CCOC(=O)C(C)(C)C)C[C@H](O)[C@H](CC1CCCCC1)NC(=O)C(Cc1cnc[nH]1)NC(=O)[C@H](Cc1ccccc1)NC(=O)OC(C)(C)C. The molecule has 0 saturated heterocycles. The molecule has 0 spiro atoms. The molecule has 1 aromatic carbocycles. The Balaban J connectivity index is 1.83. The van der Waals surface area contributed by atoms with Gasteiger partial charge in [0.25, 0.3) is 0 Å². The summed E-state index contributed by atoms with van der Waals surface area (Å²) in [4.78, 5) is 60.7. The highest BCUT2D eigenvalue weighted by Crippen LogP contribution is 2.30. The van der Waals surface area contributed by atoms with Crippen LogP contribution in [-0.4, -0.2) is 75.4 Å². The fraction of sp³-hybridized carbons (Fsp3) is 0.683. The quantitative estimate of drug-likeness (QED) is 0.115. The molecule has 1 aromatic heterocycles. The summed E-state index contributed by atoms with van der Waals surface area (Å²) in [7, 11) is 0. The van der Waals surface area contributed by atoms with E-state index in [1.165, 1.54) is 12.7 Å². The van der Waals surface area contributed by atoms with Gasteiger partial charge in [-0.25, -0.2) is 9.78 Å². The lowest BCUT2D eigenvalue weighted by molar-refractivity contribution is -0.153. The number of aromatic amines is 1. The maximum absolute atomic E-state index is 14.3. The molecule has 2 aromatic rings. The number of carbonyl (C=O) groups is 4. The van der Waals surface area contributed by atoms with E-state index >= 15 is 0 Å². The van der Waals surface area contributed by atoms with Crippen LogP contribution in [0.5, 0.6) is 0 Å². The van der Waals surface area contributed by atoms with E-state index < -0.39 is 53.2 Å². The molecule has 1 aliphatic carbocycles. The number of ether oxygens (including phenoxy) is 2. The van der Waals surface area contributed by atoms with Gasteiger partial charge in [-0.1, -0.05) is 76.3 Å². The van der Waals surface area contributed by atoms with E-state index in [-0.39, 0.29) is 37.3 Å². The van der Waals surface area contributed by atoms with Crippen LogP contribution >= 0.6 is 0 Å². The average Bonchev–Trinajstić information content (AvgIpc) is 3.59. The molecule has 1 saturated carbocycles. The summed E-state index contributed by atoms with van der Waals surface area (Å²) in [6.45, 7) is 15.1. The first-order valence-electron chi connectivity index (χ1n) is 19.4. The van der Waals surface area contributed by atoms with Crippen LogP contribution in [0.2, 0.25) is 0 Å². The largest absolute Gasteiger partial charge is 0.465 e. The number of amides is 3. The van der Waals surface area contributed by atoms with Crippen molar-refractivity contribution >= 4 is 23.9 Å². The number of nitrogens with one attached hydrogen (secondary N) is 4. The number of benzene rings is 1. The van der Waals surface area contributed by atoms with Crippen molar-refractivity contribution in [1.29, 1.82) is 0 Å². The smallest absolute Gasteiger partial charge is 0.408 e. The minimum Gasteiger partial charge on any atom is -0.465 e. The van der Waals surface area contributed by atoms with Crippen molar-refractivity contribution < 1.29 is 33.8 Å². The molecule has 3 rings (SSSR count). The van der Waals surface area contributed by atoms with Crippen molar-refractivity contribution in [2.45, 2.75) is 149 Å². The Morgan fingerprint density at radius 2 is 1.55 bits per heavy atom. The second-order valence-corrected chi connectivity index (χ2v) is 17.1. The Kier molecular flexibility index (Phi) is 16.8. The highest BCUT2D eigenvalue weighted by Gasteiger charge is 2.34. The second-order valence-electron chi connectivity index (χ2n) is 17.1. The number of esters is 1. The molecule has 1 heterocycles. The molecule has 1 unspecified atom stereocenters. The molecule has 12 nitrogen and oxygen atoms in total.